The van der Waals surface area contributed by atoms with Crippen LogP contribution in [0.3, 0.4) is 0 Å². The molecule has 0 saturated heterocycles. The summed E-state index contributed by atoms with van der Waals surface area (Å²) < 4.78 is 30.8. The van der Waals surface area contributed by atoms with Gasteiger partial charge in [0.1, 0.15) is 0 Å². The molecule has 0 bridgehead atoms. The highest BCUT2D eigenvalue weighted by atomic mass is 32.2. The second-order valence-corrected chi connectivity index (χ2v) is 6.32. The molecule has 0 aromatic rings. The Morgan fingerprint density at radius 2 is 1.53 bits per heavy atom. The van der Waals surface area contributed by atoms with Crippen molar-refractivity contribution in [2.24, 2.45) is 0 Å². The Labute approximate surface area is 105 Å². The Balaban J connectivity index is 3.69. The van der Waals surface area contributed by atoms with Crippen LogP contribution >= 0.6 is 0 Å². The molecular formula is C12H26O4S. The second kappa shape index (κ2) is 8.89. The van der Waals surface area contributed by atoms with E-state index >= 15 is 0 Å². The van der Waals surface area contributed by atoms with Crippen LogP contribution in [-0.4, -0.2) is 29.4 Å². The summed E-state index contributed by atoms with van der Waals surface area (Å²) in [6, 6.07) is 0. The first-order chi connectivity index (χ1) is 7.91. The van der Waals surface area contributed by atoms with Gasteiger partial charge in [-0.15, -0.1) is 0 Å². The monoisotopic (exact) mass is 266 g/mol. The van der Waals surface area contributed by atoms with Crippen molar-refractivity contribution in [2.45, 2.75) is 76.6 Å². The summed E-state index contributed by atoms with van der Waals surface area (Å²) in [6.45, 7) is 3.85. The van der Waals surface area contributed by atoms with Crippen LogP contribution in [0.1, 0.15) is 65.2 Å². The average molecular weight is 266 g/mol. The molecule has 0 rings (SSSR count). The van der Waals surface area contributed by atoms with Crippen molar-refractivity contribution >= 4 is 10.1 Å². The maximum absolute atomic E-state index is 10.9. The van der Waals surface area contributed by atoms with Gasteiger partial charge in [-0.1, -0.05) is 39.5 Å². The van der Waals surface area contributed by atoms with Gasteiger partial charge in [0.15, 0.2) is 0 Å². The molecule has 104 valence electrons. The lowest BCUT2D eigenvalue weighted by Crippen LogP contribution is -2.19. The van der Waals surface area contributed by atoms with Crippen molar-refractivity contribution in [3.63, 3.8) is 0 Å². The first kappa shape index (κ1) is 16.9. The molecule has 2 N–H and O–H groups in total. The van der Waals surface area contributed by atoms with Gasteiger partial charge in [0.2, 0.25) is 0 Å². The molecule has 0 saturated carbocycles. The van der Waals surface area contributed by atoms with Gasteiger partial charge in [-0.2, -0.15) is 8.42 Å². The molecule has 0 radical (unpaired) electrons. The van der Waals surface area contributed by atoms with Gasteiger partial charge in [-0.3, -0.25) is 4.55 Å². The number of aliphatic hydroxyl groups excluding tert-OH is 1. The lowest BCUT2D eigenvalue weighted by molar-refractivity contribution is 0.148. The van der Waals surface area contributed by atoms with E-state index in [4.69, 9.17) is 4.55 Å². The molecule has 2 unspecified atom stereocenters. The first-order valence-corrected chi connectivity index (χ1v) is 8.06. The van der Waals surface area contributed by atoms with Crippen LogP contribution in [-0.2, 0) is 10.1 Å². The maximum Gasteiger partial charge on any atom is 0.267 e. The van der Waals surface area contributed by atoms with Crippen LogP contribution < -0.4 is 0 Å². The van der Waals surface area contributed by atoms with Crippen molar-refractivity contribution in [1.29, 1.82) is 0 Å². The zero-order chi connectivity index (χ0) is 13.3. The van der Waals surface area contributed by atoms with Crippen LogP contribution in [0.15, 0.2) is 0 Å². The van der Waals surface area contributed by atoms with E-state index in [1.807, 2.05) is 0 Å². The summed E-state index contributed by atoms with van der Waals surface area (Å²) in [7, 11) is -3.89. The van der Waals surface area contributed by atoms with E-state index in [1.165, 1.54) is 0 Å². The van der Waals surface area contributed by atoms with E-state index in [1.54, 1.807) is 6.92 Å². The van der Waals surface area contributed by atoms with Crippen LogP contribution in [0, 0.1) is 0 Å². The topological polar surface area (TPSA) is 74.6 Å². The lowest BCUT2D eigenvalue weighted by atomic mass is 10.0. The third-order valence-corrected chi connectivity index (χ3v) is 4.49. The van der Waals surface area contributed by atoms with Crippen molar-refractivity contribution < 1.29 is 18.1 Å². The predicted molar refractivity (Wildman–Crippen MR) is 69.6 cm³/mol. The van der Waals surface area contributed by atoms with Gasteiger partial charge in [0.25, 0.3) is 10.1 Å². The molecule has 0 aliphatic rings. The molecule has 0 heterocycles. The number of unbranched alkanes of at least 4 members (excludes halogenated alkanes) is 2. The third-order valence-electron chi connectivity index (χ3n) is 3.08. The average Bonchev–Trinajstić information content (AvgIpc) is 2.24. The Kier molecular flexibility index (Phi) is 8.82. The van der Waals surface area contributed by atoms with Gasteiger partial charge < -0.3 is 5.11 Å². The molecule has 0 aliphatic carbocycles. The van der Waals surface area contributed by atoms with E-state index in [0.717, 1.165) is 38.5 Å². The van der Waals surface area contributed by atoms with E-state index in [0.29, 0.717) is 12.8 Å². The summed E-state index contributed by atoms with van der Waals surface area (Å²) in [6.07, 6.45) is 5.88. The molecule has 0 amide bonds. The van der Waals surface area contributed by atoms with Crippen molar-refractivity contribution in [3.8, 4) is 0 Å². The number of hydrogen-bond donors (Lipinski definition) is 2. The van der Waals surface area contributed by atoms with E-state index < -0.39 is 15.4 Å². The Bertz CT molecular complexity index is 274. The molecule has 0 fully saturated rings. The third kappa shape index (κ3) is 8.57. The molecule has 17 heavy (non-hydrogen) atoms. The van der Waals surface area contributed by atoms with Crippen molar-refractivity contribution in [1.82, 2.24) is 0 Å². The lowest BCUT2D eigenvalue weighted by Gasteiger charge is -2.12. The summed E-state index contributed by atoms with van der Waals surface area (Å²) in [4.78, 5) is 0. The number of aliphatic hydroxyl groups is 1. The van der Waals surface area contributed by atoms with E-state index in [2.05, 4.69) is 6.92 Å². The van der Waals surface area contributed by atoms with Crippen LogP contribution in [0.4, 0.5) is 0 Å². The van der Waals surface area contributed by atoms with Crippen LogP contribution in [0.25, 0.3) is 0 Å². The minimum absolute atomic E-state index is 0.263. The van der Waals surface area contributed by atoms with Crippen LogP contribution in [0.2, 0.25) is 0 Å². The minimum atomic E-state index is -3.89. The van der Waals surface area contributed by atoms with Crippen molar-refractivity contribution in [2.75, 3.05) is 0 Å². The number of rotatable bonds is 10. The van der Waals surface area contributed by atoms with Crippen LogP contribution in [0.5, 0.6) is 0 Å². The normalized spacial score (nSPS) is 15.8. The van der Waals surface area contributed by atoms with Gasteiger partial charge in [0.05, 0.1) is 11.4 Å². The maximum atomic E-state index is 10.9. The van der Waals surface area contributed by atoms with Gasteiger partial charge in [-0.25, -0.2) is 0 Å². The fraction of sp³-hybridized carbons (Fsp3) is 1.00. The highest BCUT2D eigenvalue weighted by Crippen LogP contribution is 2.15. The fourth-order valence-electron chi connectivity index (χ4n) is 1.90. The minimum Gasteiger partial charge on any atom is -0.393 e. The van der Waals surface area contributed by atoms with Crippen molar-refractivity contribution in [3.05, 3.63) is 0 Å². The Hall–Kier alpha value is -0.130. The Morgan fingerprint density at radius 1 is 1.00 bits per heavy atom. The van der Waals surface area contributed by atoms with Gasteiger partial charge in [-0.05, 0) is 25.7 Å². The van der Waals surface area contributed by atoms with Gasteiger partial charge >= 0.3 is 0 Å². The predicted octanol–water partition coefficient (Wildman–Crippen LogP) is 2.76. The molecule has 5 heteroatoms. The summed E-state index contributed by atoms with van der Waals surface area (Å²) in [5, 5.41) is 8.95. The molecule has 2 atom stereocenters. The number of hydrogen-bond acceptors (Lipinski definition) is 3. The summed E-state index contributed by atoms with van der Waals surface area (Å²) in [5.74, 6) is 0. The highest BCUT2D eigenvalue weighted by molar-refractivity contribution is 7.86. The quantitative estimate of drug-likeness (QED) is 0.471. The second-order valence-electron chi connectivity index (χ2n) is 4.63. The van der Waals surface area contributed by atoms with E-state index in [9.17, 15) is 13.5 Å². The molecule has 0 aromatic carbocycles. The molecule has 0 aliphatic heterocycles. The summed E-state index contributed by atoms with van der Waals surface area (Å²) >= 11 is 0. The molecule has 0 spiro atoms. The standard InChI is InChI=1S/C12H26O4S/c1-3-5-8-11(13)9-6-7-10-12(4-2)17(14,15)16/h11-13H,3-10H2,1-2H3,(H,14,15,16). The SMILES string of the molecule is CCCCC(O)CCCCC(CC)S(=O)(=O)O. The zero-order valence-electron chi connectivity index (χ0n) is 10.9. The fourth-order valence-corrected chi connectivity index (χ4v) is 2.79. The molecular weight excluding hydrogens is 240 g/mol. The molecule has 4 nitrogen and oxygen atoms in total. The Morgan fingerprint density at radius 3 is 2.00 bits per heavy atom. The van der Waals surface area contributed by atoms with Gasteiger partial charge in [0, 0.05) is 0 Å². The zero-order valence-corrected chi connectivity index (χ0v) is 11.7. The largest absolute Gasteiger partial charge is 0.393 e. The molecule has 0 aromatic heterocycles. The van der Waals surface area contributed by atoms with E-state index in [-0.39, 0.29) is 6.10 Å². The smallest absolute Gasteiger partial charge is 0.267 e. The first-order valence-electron chi connectivity index (χ1n) is 6.56. The highest BCUT2D eigenvalue weighted by Gasteiger charge is 2.20. The summed E-state index contributed by atoms with van der Waals surface area (Å²) in [5.41, 5.74) is 0.